The SMILES string of the molecule is CC(=O)NCCC#Cc1ccc(F)cc1C#N. The van der Waals surface area contributed by atoms with Crippen LogP contribution in [0.3, 0.4) is 0 Å². The summed E-state index contributed by atoms with van der Waals surface area (Å²) in [5, 5.41) is 11.4. The van der Waals surface area contributed by atoms with Gasteiger partial charge in [0, 0.05) is 25.5 Å². The first-order valence-electron chi connectivity index (χ1n) is 5.06. The number of nitriles is 1. The van der Waals surface area contributed by atoms with Crippen molar-refractivity contribution < 1.29 is 9.18 Å². The van der Waals surface area contributed by atoms with Gasteiger partial charge in [-0.2, -0.15) is 5.26 Å². The quantitative estimate of drug-likeness (QED) is 0.619. The maximum Gasteiger partial charge on any atom is 0.216 e. The predicted octanol–water partition coefficient (Wildman–Crippen LogP) is 1.58. The third-order valence-corrected chi connectivity index (χ3v) is 1.95. The standard InChI is InChI=1S/C13H11FN2O/c1-10(17)16-7-3-2-4-11-5-6-13(14)8-12(11)9-15/h5-6,8H,3,7H2,1H3,(H,16,17). The molecule has 1 N–H and O–H groups in total. The molecule has 0 heterocycles. The van der Waals surface area contributed by atoms with E-state index in [0.29, 0.717) is 18.5 Å². The molecule has 0 aromatic heterocycles. The van der Waals surface area contributed by atoms with Crippen LogP contribution in [0.25, 0.3) is 0 Å². The third kappa shape index (κ3) is 4.36. The minimum absolute atomic E-state index is 0.105. The van der Waals surface area contributed by atoms with Crippen molar-refractivity contribution in [2.24, 2.45) is 0 Å². The number of halogens is 1. The number of nitrogens with zero attached hydrogens (tertiary/aromatic N) is 1. The Bertz CT molecular complexity index is 520. The Labute approximate surface area is 99.3 Å². The number of hydrogen-bond acceptors (Lipinski definition) is 2. The first-order valence-corrected chi connectivity index (χ1v) is 5.06. The van der Waals surface area contributed by atoms with Crippen LogP contribution in [0.4, 0.5) is 4.39 Å². The molecule has 0 fully saturated rings. The Kier molecular flexibility index (Phi) is 4.72. The maximum absolute atomic E-state index is 12.8. The van der Waals surface area contributed by atoms with Gasteiger partial charge in [0.15, 0.2) is 0 Å². The molecule has 0 saturated heterocycles. The molecular weight excluding hydrogens is 219 g/mol. The van der Waals surface area contributed by atoms with Crippen LogP contribution < -0.4 is 5.32 Å². The topological polar surface area (TPSA) is 52.9 Å². The van der Waals surface area contributed by atoms with Crippen LogP contribution >= 0.6 is 0 Å². The summed E-state index contributed by atoms with van der Waals surface area (Å²) in [6, 6.07) is 5.77. The van der Waals surface area contributed by atoms with Gasteiger partial charge in [0.25, 0.3) is 0 Å². The van der Waals surface area contributed by atoms with E-state index in [1.807, 2.05) is 6.07 Å². The molecule has 4 heteroatoms. The van der Waals surface area contributed by atoms with Crippen molar-refractivity contribution >= 4 is 5.91 Å². The molecule has 0 spiro atoms. The zero-order valence-electron chi connectivity index (χ0n) is 9.38. The van der Waals surface area contributed by atoms with Crippen LogP contribution in [0.2, 0.25) is 0 Å². The lowest BCUT2D eigenvalue weighted by atomic mass is 10.1. The molecule has 0 saturated carbocycles. The molecular formula is C13H11FN2O. The monoisotopic (exact) mass is 230 g/mol. The van der Waals surface area contributed by atoms with Gasteiger partial charge in [-0.15, -0.1) is 0 Å². The van der Waals surface area contributed by atoms with Crippen molar-refractivity contribution in [2.45, 2.75) is 13.3 Å². The molecule has 0 aliphatic rings. The molecule has 1 rings (SSSR count). The number of carbonyl (C=O) groups excluding carboxylic acids is 1. The smallest absolute Gasteiger partial charge is 0.216 e. The zero-order chi connectivity index (χ0) is 12.7. The van der Waals surface area contributed by atoms with E-state index in [0.717, 1.165) is 6.07 Å². The van der Waals surface area contributed by atoms with Crippen LogP contribution in [0.1, 0.15) is 24.5 Å². The summed E-state index contributed by atoms with van der Waals surface area (Å²) in [4.78, 5) is 10.6. The summed E-state index contributed by atoms with van der Waals surface area (Å²) in [6.07, 6.45) is 0.488. The number of amides is 1. The van der Waals surface area contributed by atoms with Crippen molar-refractivity contribution in [3.63, 3.8) is 0 Å². The van der Waals surface area contributed by atoms with Gasteiger partial charge in [-0.05, 0) is 18.2 Å². The first kappa shape index (κ1) is 12.7. The molecule has 0 bridgehead atoms. The number of hydrogen-bond donors (Lipinski definition) is 1. The fourth-order valence-corrected chi connectivity index (χ4v) is 1.18. The average molecular weight is 230 g/mol. The number of nitrogens with one attached hydrogen (secondary N) is 1. The second-order valence-electron chi connectivity index (χ2n) is 3.34. The number of rotatable bonds is 2. The second-order valence-corrected chi connectivity index (χ2v) is 3.34. The van der Waals surface area contributed by atoms with Gasteiger partial charge in [-0.25, -0.2) is 4.39 Å². The summed E-state index contributed by atoms with van der Waals surface area (Å²) in [6.45, 7) is 1.90. The highest BCUT2D eigenvalue weighted by Gasteiger charge is 2.00. The van der Waals surface area contributed by atoms with Gasteiger partial charge in [0.1, 0.15) is 11.9 Å². The van der Waals surface area contributed by atoms with E-state index in [1.165, 1.54) is 19.1 Å². The lowest BCUT2D eigenvalue weighted by Crippen LogP contribution is -2.20. The Morgan fingerprint density at radius 3 is 2.88 bits per heavy atom. The molecule has 0 unspecified atom stereocenters. The third-order valence-electron chi connectivity index (χ3n) is 1.95. The molecule has 17 heavy (non-hydrogen) atoms. The van der Waals surface area contributed by atoms with Crippen molar-refractivity contribution in [1.82, 2.24) is 5.32 Å². The van der Waals surface area contributed by atoms with Gasteiger partial charge < -0.3 is 5.32 Å². The van der Waals surface area contributed by atoms with E-state index in [-0.39, 0.29) is 11.5 Å². The normalized spacial score (nSPS) is 8.76. The first-order chi connectivity index (χ1) is 8.13. The average Bonchev–Trinajstić information content (AvgIpc) is 2.29. The molecule has 86 valence electrons. The van der Waals surface area contributed by atoms with Crippen LogP contribution in [0.15, 0.2) is 18.2 Å². The zero-order valence-corrected chi connectivity index (χ0v) is 9.38. The summed E-state index contributed by atoms with van der Waals surface area (Å²) >= 11 is 0. The Morgan fingerprint density at radius 2 is 2.24 bits per heavy atom. The van der Waals surface area contributed by atoms with E-state index in [4.69, 9.17) is 5.26 Å². The van der Waals surface area contributed by atoms with Gasteiger partial charge in [-0.1, -0.05) is 11.8 Å². The van der Waals surface area contributed by atoms with Crippen molar-refractivity contribution in [3.8, 4) is 17.9 Å². The van der Waals surface area contributed by atoms with Crippen molar-refractivity contribution in [2.75, 3.05) is 6.54 Å². The lowest BCUT2D eigenvalue weighted by molar-refractivity contribution is -0.118. The van der Waals surface area contributed by atoms with Crippen molar-refractivity contribution in [3.05, 3.63) is 35.1 Å². The summed E-state index contributed by atoms with van der Waals surface area (Å²) in [5.74, 6) is 5.03. The van der Waals surface area contributed by atoms with Crippen LogP contribution in [-0.4, -0.2) is 12.5 Å². The number of carbonyl (C=O) groups is 1. The van der Waals surface area contributed by atoms with Gasteiger partial charge in [0.05, 0.1) is 5.56 Å². The van der Waals surface area contributed by atoms with Crippen molar-refractivity contribution in [1.29, 1.82) is 5.26 Å². The molecule has 0 aliphatic heterocycles. The molecule has 1 aromatic carbocycles. The highest BCUT2D eigenvalue weighted by molar-refractivity contribution is 5.72. The summed E-state index contributed by atoms with van der Waals surface area (Å²) in [7, 11) is 0. The lowest BCUT2D eigenvalue weighted by Gasteiger charge is -1.96. The van der Waals surface area contributed by atoms with Crippen LogP contribution in [-0.2, 0) is 4.79 Å². The summed E-state index contributed by atoms with van der Waals surface area (Å²) < 4.78 is 12.8. The minimum atomic E-state index is -0.453. The van der Waals surface area contributed by atoms with E-state index in [9.17, 15) is 9.18 Å². The fourth-order valence-electron chi connectivity index (χ4n) is 1.18. The molecule has 0 atom stereocenters. The van der Waals surface area contributed by atoms with E-state index in [2.05, 4.69) is 17.2 Å². The molecule has 0 aliphatic carbocycles. The van der Waals surface area contributed by atoms with E-state index >= 15 is 0 Å². The van der Waals surface area contributed by atoms with Gasteiger partial charge >= 0.3 is 0 Å². The fraction of sp³-hybridized carbons (Fsp3) is 0.231. The minimum Gasteiger partial charge on any atom is -0.355 e. The van der Waals surface area contributed by atoms with Crippen LogP contribution in [0.5, 0.6) is 0 Å². The molecule has 3 nitrogen and oxygen atoms in total. The van der Waals surface area contributed by atoms with Crippen LogP contribution in [0, 0.1) is 29.0 Å². The largest absolute Gasteiger partial charge is 0.355 e. The highest BCUT2D eigenvalue weighted by atomic mass is 19.1. The van der Waals surface area contributed by atoms with Gasteiger partial charge in [-0.3, -0.25) is 4.79 Å². The Balaban J connectivity index is 2.66. The summed E-state index contributed by atoms with van der Waals surface area (Å²) in [5.41, 5.74) is 0.716. The molecule has 1 amide bonds. The Morgan fingerprint density at radius 1 is 1.47 bits per heavy atom. The number of benzene rings is 1. The van der Waals surface area contributed by atoms with E-state index in [1.54, 1.807) is 0 Å². The predicted molar refractivity (Wildman–Crippen MR) is 61.3 cm³/mol. The molecule has 0 radical (unpaired) electrons. The highest BCUT2D eigenvalue weighted by Crippen LogP contribution is 2.08. The molecule has 1 aromatic rings. The van der Waals surface area contributed by atoms with E-state index < -0.39 is 5.82 Å². The second kappa shape index (κ2) is 6.30. The maximum atomic E-state index is 12.8. The Hall–Kier alpha value is -2.33. The van der Waals surface area contributed by atoms with Gasteiger partial charge in [0.2, 0.25) is 5.91 Å².